The van der Waals surface area contributed by atoms with Crippen molar-refractivity contribution in [3.63, 3.8) is 0 Å². The lowest BCUT2D eigenvalue weighted by atomic mass is 10.1. The molecule has 0 radical (unpaired) electrons. The van der Waals surface area contributed by atoms with Gasteiger partial charge in [-0.2, -0.15) is 13.2 Å². The van der Waals surface area contributed by atoms with Gasteiger partial charge in [-0.3, -0.25) is 5.01 Å². The predicted molar refractivity (Wildman–Crippen MR) is 155 cm³/mol. The van der Waals surface area contributed by atoms with Gasteiger partial charge in [-0.15, -0.1) is 0 Å². The van der Waals surface area contributed by atoms with Gasteiger partial charge in [0.1, 0.15) is 16.9 Å². The second-order valence-electron chi connectivity index (χ2n) is 9.07. The molecule has 0 saturated carbocycles. The van der Waals surface area contributed by atoms with Crippen LogP contribution in [-0.2, 0) is 12.7 Å². The molecule has 0 aliphatic carbocycles. The first kappa shape index (κ1) is 28.9. The number of thioether (sulfide) groups is 1. The summed E-state index contributed by atoms with van der Waals surface area (Å²) in [6.45, 7) is 0.428. The van der Waals surface area contributed by atoms with Crippen LogP contribution in [0.25, 0.3) is 6.08 Å². The molecule has 1 aliphatic rings. The van der Waals surface area contributed by atoms with E-state index in [1.54, 1.807) is 54.6 Å². The van der Waals surface area contributed by atoms with Crippen molar-refractivity contribution < 1.29 is 27.8 Å². The third kappa shape index (κ3) is 7.18. The second-order valence-corrected chi connectivity index (χ2v) is 11.0. The average Bonchev–Trinajstić information content (AvgIpc) is 3.33. The van der Waals surface area contributed by atoms with E-state index in [0.717, 1.165) is 33.9 Å². The Morgan fingerprint density at radius 3 is 2.34 bits per heavy atom. The zero-order chi connectivity index (χ0) is 29.1. The molecule has 2 N–H and O–H groups in total. The van der Waals surface area contributed by atoms with E-state index >= 15 is 0 Å². The molecule has 5 rings (SSSR count). The summed E-state index contributed by atoms with van der Waals surface area (Å²) in [5.74, 6) is -0.531. The molecule has 0 spiro atoms. The molecule has 1 fully saturated rings. The molecule has 1 saturated heterocycles. The van der Waals surface area contributed by atoms with Crippen molar-refractivity contribution in [2.24, 2.45) is 0 Å². The molecule has 0 amide bonds. The molecule has 1 aliphatic heterocycles. The van der Waals surface area contributed by atoms with Crippen LogP contribution in [-0.4, -0.2) is 16.1 Å². The zero-order valence-electron chi connectivity index (χ0n) is 21.0. The topological polar surface area (TPSA) is 61.8 Å². The van der Waals surface area contributed by atoms with Gasteiger partial charge >= 0.3 is 12.1 Å². The van der Waals surface area contributed by atoms with E-state index in [4.69, 9.17) is 27.9 Å². The van der Waals surface area contributed by atoms with Gasteiger partial charge < -0.3 is 9.84 Å². The molecule has 5 nitrogen and oxygen atoms in total. The number of hydrazine groups is 1. The summed E-state index contributed by atoms with van der Waals surface area (Å²) in [6, 6.07) is 23.8. The van der Waals surface area contributed by atoms with Gasteiger partial charge in [0.05, 0.1) is 32.7 Å². The molecule has 1 atom stereocenters. The highest BCUT2D eigenvalue weighted by Crippen LogP contribution is 2.43. The quantitative estimate of drug-likeness (QED) is 0.216. The molecule has 41 heavy (non-hydrogen) atoms. The number of carboxylic acid groups (broad SMARTS) is 1. The second kappa shape index (κ2) is 12.1. The van der Waals surface area contributed by atoms with E-state index in [1.165, 1.54) is 23.9 Å². The van der Waals surface area contributed by atoms with Crippen molar-refractivity contribution in [2.75, 3.05) is 0 Å². The van der Waals surface area contributed by atoms with Crippen LogP contribution in [0.5, 0.6) is 11.5 Å². The van der Waals surface area contributed by atoms with Crippen molar-refractivity contribution in [3.8, 4) is 11.5 Å². The van der Waals surface area contributed by atoms with Crippen LogP contribution in [0.2, 0.25) is 10.0 Å². The van der Waals surface area contributed by atoms with Gasteiger partial charge in [0.15, 0.2) is 0 Å². The standard InChI is InChI=1S/C30H21Cl2F3N2O3S/c31-25-12-9-19(13-26(25)32)14-27-37(17-18-7-10-20(11-8-18)29(38)39)36-28(41-27)21-3-1-5-23(15-21)40-24-6-2-4-22(16-24)30(33,34)35/h1-16,28,36H,17H2,(H,38,39)/b27-14-. The molecular weight excluding hydrogens is 596 g/mol. The van der Waals surface area contributed by atoms with Gasteiger partial charge in [0.2, 0.25) is 0 Å². The normalized spacial score (nSPS) is 16.3. The molecule has 0 aromatic heterocycles. The van der Waals surface area contributed by atoms with E-state index < -0.39 is 17.7 Å². The number of carboxylic acids is 1. The lowest BCUT2D eigenvalue weighted by Crippen LogP contribution is -2.30. The molecule has 0 bridgehead atoms. The Bertz CT molecular complexity index is 1610. The van der Waals surface area contributed by atoms with Crippen molar-refractivity contribution in [1.82, 2.24) is 10.4 Å². The monoisotopic (exact) mass is 616 g/mol. The van der Waals surface area contributed by atoms with Crippen LogP contribution >= 0.6 is 35.0 Å². The van der Waals surface area contributed by atoms with E-state index in [0.29, 0.717) is 22.3 Å². The summed E-state index contributed by atoms with van der Waals surface area (Å²) in [7, 11) is 0. The SMILES string of the molecule is O=C(O)c1ccc(CN2NC(c3cccc(Oc4cccc(C(F)(F)F)c4)c3)S/C2=C\c2ccc(Cl)c(Cl)c2)cc1. The van der Waals surface area contributed by atoms with Crippen molar-refractivity contribution in [2.45, 2.75) is 18.1 Å². The maximum atomic E-state index is 13.1. The van der Waals surface area contributed by atoms with Crippen LogP contribution in [0.15, 0.2) is 96.0 Å². The fourth-order valence-electron chi connectivity index (χ4n) is 4.09. The van der Waals surface area contributed by atoms with E-state index in [1.807, 2.05) is 23.2 Å². The fourth-order valence-corrected chi connectivity index (χ4v) is 5.55. The summed E-state index contributed by atoms with van der Waals surface area (Å²) in [4.78, 5) is 11.3. The Labute approximate surface area is 248 Å². The van der Waals surface area contributed by atoms with Gasteiger partial charge in [0, 0.05) is 0 Å². The minimum Gasteiger partial charge on any atom is -0.478 e. The Morgan fingerprint density at radius 2 is 1.66 bits per heavy atom. The van der Waals surface area contributed by atoms with E-state index in [2.05, 4.69) is 5.43 Å². The number of alkyl halides is 3. The Balaban J connectivity index is 1.41. The van der Waals surface area contributed by atoms with Gasteiger partial charge in [-0.1, -0.05) is 71.4 Å². The number of ether oxygens (including phenoxy) is 1. The smallest absolute Gasteiger partial charge is 0.416 e. The number of nitrogens with one attached hydrogen (secondary N) is 1. The van der Waals surface area contributed by atoms with Gasteiger partial charge in [-0.25, -0.2) is 10.2 Å². The summed E-state index contributed by atoms with van der Waals surface area (Å²) >= 11 is 13.8. The number of rotatable bonds is 7. The van der Waals surface area contributed by atoms with Gasteiger partial charge in [-0.05, 0) is 77.4 Å². The predicted octanol–water partition coefficient (Wildman–Crippen LogP) is 9.25. The number of carbonyl (C=O) groups is 1. The molecule has 11 heteroatoms. The molecule has 1 unspecified atom stereocenters. The summed E-state index contributed by atoms with van der Waals surface area (Å²) < 4.78 is 45.2. The first-order valence-corrected chi connectivity index (χ1v) is 13.8. The molecule has 1 heterocycles. The maximum absolute atomic E-state index is 13.1. The Morgan fingerprint density at radius 1 is 0.951 bits per heavy atom. The van der Waals surface area contributed by atoms with Gasteiger partial charge in [0.25, 0.3) is 0 Å². The van der Waals surface area contributed by atoms with E-state index in [9.17, 15) is 23.1 Å². The van der Waals surface area contributed by atoms with Crippen LogP contribution in [0.4, 0.5) is 13.2 Å². The number of nitrogens with zero attached hydrogens (tertiary/aromatic N) is 1. The first-order valence-electron chi connectivity index (χ1n) is 12.2. The number of halogens is 5. The number of benzene rings is 4. The molecule has 4 aromatic rings. The van der Waals surface area contributed by atoms with Crippen LogP contribution in [0, 0.1) is 0 Å². The minimum absolute atomic E-state index is 0.0793. The number of hydrogen-bond donors (Lipinski definition) is 2. The highest BCUT2D eigenvalue weighted by Gasteiger charge is 2.31. The van der Waals surface area contributed by atoms with Crippen LogP contribution in [0.3, 0.4) is 0 Å². The molecular formula is C30H21Cl2F3N2O3S. The van der Waals surface area contributed by atoms with Crippen molar-refractivity contribution in [3.05, 3.63) is 134 Å². The summed E-state index contributed by atoms with van der Waals surface area (Å²) in [5.41, 5.74) is 5.41. The number of aromatic carboxylic acids is 1. The van der Waals surface area contributed by atoms with Crippen molar-refractivity contribution in [1.29, 1.82) is 0 Å². The summed E-state index contributed by atoms with van der Waals surface area (Å²) in [6.07, 6.45) is -2.52. The van der Waals surface area contributed by atoms with Crippen LogP contribution in [0.1, 0.15) is 38.0 Å². The highest BCUT2D eigenvalue weighted by atomic mass is 35.5. The Hall–Kier alpha value is -3.63. The van der Waals surface area contributed by atoms with Crippen LogP contribution < -0.4 is 10.2 Å². The number of hydrogen-bond acceptors (Lipinski definition) is 5. The highest BCUT2D eigenvalue weighted by molar-refractivity contribution is 8.03. The lowest BCUT2D eigenvalue weighted by molar-refractivity contribution is -0.137. The summed E-state index contributed by atoms with van der Waals surface area (Å²) in [5, 5.41) is 12.6. The Kier molecular flexibility index (Phi) is 8.51. The fraction of sp³-hybridized carbons (Fsp3) is 0.100. The third-order valence-electron chi connectivity index (χ3n) is 6.11. The zero-order valence-corrected chi connectivity index (χ0v) is 23.4. The molecule has 210 valence electrons. The van der Waals surface area contributed by atoms with E-state index in [-0.39, 0.29) is 16.7 Å². The third-order valence-corrected chi connectivity index (χ3v) is 8.04. The largest absolute Gasteiger partial charge is 0.478 e. The molecule has 4 aromatic carbocycles. The minimum atomic E-state index is -4.47. The van der Waals surface area contributed by atoms with Crippen molar-refractivity contribution >= 4 is 47.0 Å². The lowest BCUT2D eigenvalue weighted by Gasteiger charge is -2.20. The first-order chi connectivity index (χ1) is 19.5. The maximum Gasteiger partial charge on any atom is 0.416 e. The average molecular weight is 617 g/mol.